The topological polar surface area (TPSA) is 81.4 Å². The van der Waals surface area contributed by atoms with Crippen molar-refractivity contribution in [2.24, 2.45) is 0 Å². The molecule has 3 aromatic rings. The van der Waals surface area contributed by atoms with Gasteiger partial charge in [-0.05, 0) is 23.9 Å². The first kappa shape index (κ1) is 16.9. The summed E-state index contributed by atoms with van der Waals surface area (Å²) < 4.78 is 9.79. The van der Waals surface area contributed by atoms with Gasteiger partial charge in [0, 0.05) is 10.9 Å². The zero-order chi connectivity index (χ0) is 17.6. The fourth-order valence-corrected chi connectivity index (χ4v) is 3.09. The smallest absolute Gasteiger partial charge is 0.377 e. The summed E-state index contributed by atoms with van der Waals surface area (Å²) in [5.74, 6) is -1.14. The first-order chi connectivity index (χ1) is 12.1. The lowest BCUT2D eigenvalue weighted by atomic mass is 10.1. The minimum absolute atomic E-state index is 0.0248. The predicted molar refractivity (Wildman–Crippen MR) is 92.3 cm³/mol. The predicted octanol–water partition coefficient (Wildman–Crippen LogP) is 3.11. The molecule has 0 radical (unpaired) electrons. The second kappa shape index (κ2) is 7.76. The number of rotatable bonds is 6. The zero-order valence-corrected chi connectivity index (χ0v) is 14.3. The van der Waals surface area contributed by atoms with Crippen LogP contribution in [-0.2, 0) is 9.53 Å². The monoisotopic (exact) mass is 356 g/mol. The number of ether oxygens (including phenoxy) is 1. The molecule has 2 heterocycles. The summed E-state index contributed by atoms with van der Waals surface area (Å²) in [5.41, 5.74) is 1.52. The molecule has 3 rings (SSSR count). The van der Waals surface area contributed by atoms with Crippen molar-refractivity contribution >= 4 is 23.2 Å². The van der Waals surface area contributed by atoms with Crippen LogP contribution in [0.2, 0.25) is 0 Å². The van der Waals surface area contributed by atoms with Gasteiger partial charge < -0.3 is 14.6 Å². The van der Waals surface area contributed by atoms with Gasteiger partial charge in [0.1, 0.15) is 0 Å². The van der Waals surface area contributed by atoms with Crippen molar-refractivity contribution in [1.29, 1.82) is 0 Å². The summed E-state index contributed by atoms with van der Waals surface area (Å²) in [4.78, 5) is 25.0. The lowest BCUT2D eigenvalue weighted by Crippen LogP contribution is -2.32. The van der Waals surface area contributed by atoms with E-state index in [-0.39, 0.29) is 11.8 Å². The summed E-state index contributed by atoms with van der Waals surface area (Å²) in [6, 6.07) is 14.7. The largest absolute Gasteiger partial charge is 0.450 e. The van der Waals surface area contributed by atoms with Crippen molar-refractivity contribution in [1.82, 2.24) is 10.5 Å². The number of hydrogen-bond donors (Lipinski definition) is 1. The molecule has 0 saturated carbocycles. The fourth-order valence-electron chi connectivity index (χ4n) is 2.28. The average Bonchev–Trinajstić information content (AvgIpc) is 3.30. The second-order valence-corrected chi connectivity index (χ2v) is 6.31. The molecule has 0 aliphatic rings. The average molecular weight is 356 g/mol. The van der Waals surface area contributed by atoms with Gasteiger partial charge in [0.2, 0.25) is 5.76 Å². The first-order valence-corrected chi connectivity index (χ1v) is 8.49. The number of benzene rings is 1. The Balaban J connectivity index is 1.64. The number of carbonyl (C=O) groups is 2. The number of esters is 1. The van der Waals surface area contributed by atoms with Crippen LogP contribution in [-0.4, -0.2) is 23.6 Å². The Labute approximate surface area is 148 Å². The highest BCUT2D eigenvalue weighted by molar-refractivity contribution is 7.10. The van der Waals surface area contributed by atoms with E-state index in [0.29, 0.717) is 5.69 Å². The van der Waals surface area contributed by atoms with Crippen LogP contribution >= 0.6 is 11.3 Å². The van der Waals surface area contributed by atoms with Gasteiger partial charge in [-0.3, -0.25) is 4.79 Å². The van der Waals surface area contributed by atoms with Gasteiger partial charge in [0.15, 0.2) is 6.61 Å². The molecule has 1 aromatic carbocycles. The number of amides is 1. The van der Waals surface area contributed by atoms with Crippen LogP contribution in [0, 0.1) is 6.92 Å². The van der Waals surface area contributed by atoms with Gasteiger partial charge >= 0.3 is 5.97 Å². The van der Waals surface area contributed by atoms with Gasteiger partial charge in [-0.1, -0.05) is 41.6 Å². The number of aryl methyl sites for hydroxylation is 1. The second-order valence-electron chi connectivity index (χ2n) is 5.34. The molecule has 0 spiro atoms. The number of carbonyl (C=O) groups excluding carboxylic acids is 2. The standard InChI is InChI=1S/C18H16N2O4S/c1-12-10-14(24-20-12)18(22)23-11-16(21)19-17(15-8-5-9-25-15)13-6-3-2-4-7-13/h2-10,17H,11H2,1H3,(H,19,21)/t17-/m0/s1. The lowest BCUT2D eigenvalue weighted by molar-refractivity contribution is -0.124. The normalized spacial score (nSPS) is 11.7. The Bertz CT molecular complexity index is 843. The molecule has 6 nitrogen and oxygen atoms in total. The maximum Gasteiger partial charge on any atom is 0.377 e. The van der Waals surface area contributed by atoms with E-state index in [1.807, 2.05) is 47.8 Å². The maximum atomic E-state index is 12.2. The summed E-state index contributed by atoms with van der Waals surface area (Å²) in [6.45, 7) is 1.30. The zero-order valence-electron chi connectivity index (χ0n) is 13.5. The quantitative estimate of drug-likeness (QED) is 0.686. The minimum Gasteiger partial charge on any atom is -0.450 e. The Hall–Kier alpha value is -2.93. The minimum atomic E-state index is -0.719. The van der Waals surface area contributed by atoms with Gasteiger partial charge in [-0.25, -0.2) is 4.79 Å². The molecule has 0 aliphatic heterocycles. The fraction of sp³-hybridized carbons (Fsp3) is 0.167. The third-order valence-corrected chi connectivity index (χ3v) is 4.37. The third-order valence-electron chi connectivity index (χ3n) is 3.43. The molecule has 1 amide bonds. The summed E-state index contributed by atoms with van der Waals surface area (Å²) in [5, 5.41) is 8.46. The van der Waals surface area contributed by atoms with Crippen molar-refractivity contribution in [2.75, 3.05) is 6.61 Å². The highest BCUT2D eigenvalue weighted by Gasteiger charge is 2.20. The number of nitrogens with one attached hydrogen (secondary N) is 1. The summed E-state index contributed by atoms with van der Waals surface area (Å²) in [6.07, 6.45) is 0. The van der Waals surface area contributed by atoms with Crippen LogP contribution in [0.3, 0.4) is 0 Å². The molecule has 2 aromatic heterocycles. The molecular weight excluding hydrogens is 340 g/mol. The van der Waals surface area contributed by atoms with Crippen LogP contribution in [0.5, 0.6) is 0 Å². The molecule has 0 bridgehead atoms. The van der Waals surface area contributed by atoms with Crippen LogP contribution < -0.4 is 5.32 Å². The van der Waals surface area contributed by atoms with Crippen LogP contribution in [0.1, 0.15) is 32.7 Å². The Morgan fingerprint density at radius 1 is 1.24 bits per heavy atom. The van der Waals surface area contributed by atoms with E-state index in [1.165, 1.54) is 6.07 Å². The molecule has 0 saturated heterocycles. The third kappa shape index (κ3) is 4.33. The van der Waals surface area contributed by atoms with E-state index >= 15 is 0 Å². The Kier molecular flexibility index (Phi) is 5.25. The van der Waals surface area contributed by atoms with Crippen LogP contribution in [0.15, 0.2) is 58.4 Å². The Morgan fingerprint density at radius 2 is 2.04 bits per heavy atom. The summed E-state index contributed by atoms with van der Waals surface area (Å²) >= 11 is 1.55. The van der Waals surface area contributed by atoms with Crippen molar-refractivity contribution in [3.8, 4) is 0 Å². The van der Waals surface area contributed by atoms with E-state index in [4.69, 9.17) is 9.26 Å². The summed E-state index contributed by atoms with van der Waals surface area (Å²) in [7, 11) is 0. The highest BCUT2D eigenvalue weighted by atomic mass is 32.1. The molecule has 128 valence electrons. The van der Waals surface area contributed by atoms with Crippen molar-refractivity contribution in [2.45, 2.75) is 13.0 Å². The van der Waals surface area contributed by atoms with E-state index in [9.17, 15) is 9.59 Å². The molecule has 0 aliphatic carbocycles. The van der Waals surface area contributed by atoms with Gasteiger partial charge in [0.05, 0.1) is 11.7 Å². The number of nitrogens with zero attached hydrogens (tertiary/aromatic N) is 1. The lowest BCUT2D eigenvalue weighted by Gasteiger charge is -2.18. The molecule has 0 unspecified atom stereocenters. The molecule has 7 heteroatoms. The SMILES string of the molecule is Cc1cc(C(=O)OCC(=O)N[C@@H](c2ccccc2)c2cccs2)on1. The molecule has 1 atom stereocenters. The molecule has 1 N–H and O–H groups in total. The van der Waals surface area contributed by atoms with Crippen molar-refractivity contribution < 1.29 is 18.8 Å². The highest BCUT2D eigenvalue weighted by Crippen LogP contribution is 2.25. The molecule has 25 heavy (non-hydrogen) atoms. The van der Waals surface area contributed by atoms with E-state index < -0.39 is 18.5 Å². The van der Waals surface area contributed by atoms with Gasteiger partial charge in [-0.2, -0.15) is 0 Å². The molecular formula is C18H16N2O4S. The van der Waals surface area contributed by atoms with E-state index in [0.717, 1.165) is 10.4 Å². The first-order valence-electron chi connectivity index (χ1n) is 7.61. The van der Waals surface area contributed by atoms with E-state index in [1.54, 1.807) is 18.3 Å². The maximum absolute atomic E-state index is 12.2. The number of aromatic nitrogens is 1. The van der Waals surface area contributed by atoms with Crippen molar-refractivity contribution in [3.05, 3.63) is 75.8 Å². The van der Waals surface area contributed by atoms with Crippen molar-refractivity contribution in [3.63, 3.8) is 0 Å². The van der Waals surface area contributed by atoms with Gasteiger partial charge in [-0.15, -0.1) is 11.3 Å². The van der Waals surface area contributed by atoms with Crippen LogP contribution in [0.25, 0.3) is 0 Å². The number of thiophene rings is 1. The molecule has 0 fully saturated rings. The van der Waals surface area contributed by atoms with E-state index in [2.05, 4.69) is 10.5 Å². The number of hydrogen-bond acceptors (Lipinski definition) is 6. The van der Waals surface area contributed by atoms with Gasteiger partial charge in [0.25, 0.3) is 5.91 Å². The Morgan fingerprint density at radius 3 is 2.68 bits per heavy atom. The van der Waals surface area contributed by atoms with Crippen LogP contribution in [0.4, 0.5) is 0 Å².